The third kappa shape index (κ3) is 7.65. The summed E-state index contributed by atoms with van der Waals surface area (Å²) in [6.45, 7) is 13.4. The van der Waals surface area contributed by atoms with Crippen LogP contribution in [0.1, 0.15) is 33.4 Å². The first kappa shape index (κ1) is 43.5. The van der Waals surface area contributed by atoms with Gasteiger partial charge in [0.05, 0.1) is 11.4 Å². The fraction of sp³-hybridized carbons (Fsp3) is 0.0909. The predicted molar refractivity (Wildman–Crippen MR) is 306 cm³/mol. The molecule has 4 heteroatoms. The van der Waals surface area contributed by atoms with Crippen LogP contribution in [0.2, 0.25) is 0 Å². The summed E-state index contributed by atoms with van der Waals surface area (Å²) in [6.07, 6.45) is 0. The molecule has 0 saturated heterocycles. The molecular formula is C66H52N2S2. The standard InChI is InChI=1S/C66H52N2S2/c1-41-13-11-14-42(2)65(41)67(53-29-21-47(22-30-53)51-27-35-63-57(39-51)55-17-7-9-19-61(55)69-63)59-33-25-49(37-45(59)5)50-26-34-60(46(6)38-50)68(66-43(3)15-12-16-44(66)4)54-31-23-48(24-32-54)52-28-36-64-58(40-52)56-18-8-10-20-62(56)70-64/h7-40H,1-6H3. The second-order valence-electron chi connectivity index (χ2n) is 18.9. The average Bonchev–Trinajstić information content (AvgIpc) is 3.95. The zero-order valence-electron chi connectivity index (χ0n) is 40.3. The summed E-state index contributed by atoms with van der Waals surface area (Å²) in [4.78, 5) is 4.90. The van der Waals surface area contributed by atoms with E-state index in [1.165, 1.54) is 130 Å². The summed E-state index contributed by atoms with van der Waals surface area (Å²) in [5.41, 5.74) is 21.7. The van der Waals surface area contributed by atoms with E-state index in [1.807, 2.05) is 22.7 Å². The molecule has 0 amide bonds. The van der Waals surface area contributed by atoms with E-state index in [0.29, 0.717) is 0 Å². The van der Waals surface area contributed by atoms with E-state index in [9.17, 15) is 0 Å². The monoisotopic (exact) mass is 936 g/mol. The minimum Gasteiger partial charge on any atom is -0.310 e. The van der Waals surface area contributed by atoms with E-state index in [2.05, 4.69) is 258 Å². The molecule has 12 rings (SSSR count). The predicted octanol–water partition coefficient (Wildman–Crippen LogP) is 20.2. The number of fused-ring (bicyclic) bond motifs is 6. The van der Waals surface area contributed by atoms with Crippen molar-refractivity contribution in [1.82, 2.24) is 0 Å². The highest BCUT2D eigenvalue weighted by atomic mass is 32.1. The Balaban J connectivity index is 0.881. The summed E-state index contributed by atoms with van der Waals surface area (Å²) in [5.74, 6) is 0. The van der Waals surface area contributed by atoms with Gasteiger partial charge in [0.15, 0.2) is 0 Å². The number of aryl methyl sites for hydroxylation is 6. The van der Waals surface area contributed by atoms with Crippen LogP contribution in [-0.2, 0) is 0 Å². The SMILES string of the molecule is Cc1cc(-c2ccc(N(c3ccc(-c4ccc5sc6ccccc6c5c4)cc3)c3c(C)cccc3C)c(C)c2)ccc1N(c1ccc(-c2ccc3sc4ccccc4c3c2)cc1)c1c(C)cccc1C. The summed E-state index contributed by atoms with van der Waals surface area (Å²) in [7, 11) is 0. The molecule has 0 fully saturated rings. The number of hydrogen-bond donors (Lipinski definition) is 0. The lowest BCUT2D eigenvalue weighted by atomic mass is 9.97. The maximum atomic E-state index is 2.45. The molecule has 0 atom stereocenters. The highest BCUT2D eigenvalue weighted by Crippen LogP contribution is 2.45. The molecule has 0 unspecified atom stereocenters. The van der Waals surface area contributed by atoms with Crippen LogP contribution in [0.25, 0.3) is 73.7 Å². The van der Waals surface area contributed by atoms with Crippen molar-refractivity contribution in [3.63, 3.8) is 0 Å². The van der Waals surface area contributed by atoms with Crippen LogP contribution in [-0.4, -0.2) is 0 Å². The van der Waals surface area contributed by atoms with Crippen molar-refractivity contribution in [2.24, 2.45) is 0 Å². The zero-order valence-corrected chi connectivity index (χ0v) is 42.0. The molecule has 10 aromatic carbocycles. The van der Waals surface area contributed by atoms with E-state index in [-0.39, 0.29) is 0 Å². The largest absolute Gasteiger partial charge is 0.310 e. The molecule has 2 aromatic heterocycles. The first-order valence-corrected chi connectivity index (χ1v) is 25.8. The molecule has 0 aliphatic heterocycles. The highest BCUT2D eigenvalue weighted by Gasteiger charge is 2.22. The van der Waals surface area contributed by atoms with Crippen molar-refractivity contribution in [3.8, 4) is 33.4 Å². The minimum absolute atomic E-state index is 1.14. The normalized spacial score (nSPS) is 11.6. The molecule has 338 valence electrons. The minimum atomic E-state index is 1.14. The third-order valence-corrected chi connectivity index (χ3v) is 16.5. The van der Waals surface area contributed by atoms with Gasteiger partial charge in [0.1, 0.15) is 0 Å². The Kier molecular flexibility index (Phi) is 11.0. The van der Waals surface area contributed by atoms with E-state index in [4.69, 9.17) is 0 Å². The van der Waals surface area contributed by atoms with Gasteiger partial charge in [-0.25, -0.2) is 0 Å². The Hall–Kier alpha value is -7.76. The van der Waals surface area contributed by atoms with Gasteiger partial charge in [-0.3, -0.25) is 0 Å². The smallest absolute Gasteiger partial charge is 0.0520 e. The topological polar surface area (TPSA) is 6.48 Å². The van der Waals surface area contributed by atoms with Crippen LogP contribution in [0.5, 0.6) is 0 Å². The van der Waals surface area contributed by atoms with Gasteiger partial charge in [-0.2, -0.15) is 0 Å². The summed E-state index contributed by atoms with van der Waals surface area (Å²) in [5, 5.41) is 5.29. The van der Waals surface area contributed by atoms with Gasteiger partial charge in [0.2, 0.25) is 0 Å². The number of hydrogen-bond acceptors (Lipinski definition) is 4. The number of nitrogens with zero attached hydrogens (tertiary/aromatic N) is 2. The van der Waals surface area contributed by atoms with Crippen LogP contribution in [0.4, 0.5) is 34.1 Å². The van der Waals surface area contributed by atoms with Crippen LogP contribution in [0.3, 0.4) is 0 Å². The van der Waals surface area contributed by atoms with E-state index in [0.717, 1.165) is 11.4 Å². The van der Waals surface area contributed by atoms with E-state index >= 15 is 0 Å². The lowest BCUT2D eigenvalue weighted by Gasteiger charge is -2.31. The average molecular weight is 937 g/mol. The van der Waals surface area contributed by atoms with Gasteiger partial charge < -0.3 is 9.80 Å². The molecule has 0 bridgehead atoms. The molecule has 0 spiro atoms. The zero-order chi connectivity index (χ0) is 47.6. The second kappa shape index (κ2) is 17.6. The quantitative estimate of drug-likeness (QED) is 0.142. The maximum absolute atomic E-state index is 2.45. The van der Waals surface area contributed by atoms with Crippen LogP contribution in [0, 0.1) is 41.5 Å². The highest BCUT2D eigenvalue weighted by molar-refractivity contribution is 7.26. The number of thiophene rings is 2. The Morgan fingerprint density at radius 1 is 0.257 bits per heavy atom. The molecule has 2 heterocycles. The van der Waals surface area contributed by atoms with Gasteiger partial charge in [-0.05, 0) is 193 Å². The van der Waals surface area contributed by atoms with Gasteiger partial charge in [-0.15, -0.1) is 22.7 Å². The molecule has 0 saturated carbocycles. The van der Waals surface area contributed by atoms with Crippen LogP contribution in [0.15, 0.2) is 206 Å². The summed E-state index contributed by atoms with van der Waals surface area (Å²) in [6, 6.07) is 76.7. The van der Waals surface area contributed by atoms with Crippen molar-refractivity contribution in [1.29, 1.82) is 0 Å². The molecule has 2 nitrogen and oxygen atoms in total. The number of rotatable bonds is 9. The van der Waals surface area contributed by atoms with Gasteiger partial charge >= 0.3 is 0 Å². The fourth-order valence-corrected chi connectivity index (χ4v) is 12.9. The van der Waals surface area contributed by atoms with Crippen molar-refractivity contribution < 1.29 is 0 Å². The van der Waals surface area contributed by atoms with Gasteiger partial charge in [0, 0.05) is 63.1 Å². The first-order chi connectivity index (χ1) is 34.2. The van der Waals surface area contributed by atoms with Gasteiger partial charge in [0.25, 0.3) is 0 Å². The van der Waals surface area contributed by atoms with E-state index < -0.39 is 0 Å². The van der Waals surface area contributed by atoms with Crippen molar-refractivity contribution in [3.05, 3.63) is 240 Å². The second-order valence-corrected chi connectivity index (χ2v) is 21.0. The van der Waals surface area contributed by atoms with Crippen molar-refractivity contribution in [2.75, 3.05) is 9.80 Å². The Morgan fingerprint density at radius 3 is 0.971 bits per heavy atom. The van der Waals surface area contributed by atoms with Crippen molar-refractivity contribution >= 4 is 97.1 Å². The lowest BCUT2D eigenvalue weighted by molar-refractivity contribution is 1.20. The number of para-hydroxylation sites is 2. The molecule has 0 aliphatic carbocycles. The maximum Gasteiger partial charge on any atom is 0.0520 e. The van der Waals surface area contributed by atoms with E-state index in [1.54, 1.807) is 0 Å². The number of anilines is 6. The molecule has 0 radical (unpaired) electrons. The summed E-state index contributed by atoms with van der Waals surface area (Å²) < 4.78 is 5.31. The van der Waals surface area contributed by atoms with Crippen molar-refractivity contribution in [2.45, 2.75) is 41.5 Å². The lowest BCUT2D eigenvalue weighted by Crippen LogP contribution is -2.14. The molecule has 0 aliphatic rings. The summed E-state index contributed by atoms with van der Waals surface area (Å²) >= 11 is 3.73. The Morgan fingerprint density at radius 2 is 0.586 bits per heavy atom. The molecule has 12 aromatic rings. The fourth-order valence-electron chi connectivity index (χ4n) is 10.7. The molecule has 0 N–H and O–H groups in total. The van der Waals surface area contributed by atoms with Crippen LogP contribution < -0.4 is 9.80 Å². The van der Waals surface area contributed by atoms with Crippen LogP contribution >= 0.6 is 22.7 Å². The first-order valence-electron chi connectivity index (χ1n) is 24.1. The third-order valence-electron chi connectivity index (χ3n) is 14.2. The number of benzene rings is 10. The van der Waals surface area contributed by atoms with Gasteiger partial charge in [-0.1, -0.05) is 121 Å². The Bertz CT molecular complexity index is 3670. The molecule has 70 heavy (non-hydrogen) atoms. The Labute approximate surface area is 419 Å². The molecular weight excluding hydrogens is 885 g/mol.